The van der Waals surface area contributed by atoms with Crippen molar-refractivity contribution in [2.45, 2.75) is 33.9 Å². The van der Waals surface area contributed by atoms with Crippen LogP contribution in [0.5, 0.6) is 11.5 Å². The number of methoxy groups -OCH3 is 2. The van der Waals surface area contributed by atoms with Gasteiger partial charge in [0.05, 0.1) is 26.1 Å². The molecule has 0 spiro atoms. The highest BCUT2D eigenvalue weighted by Gasteiger charge is 2.22. The Bertz CT molecular complexity index is 924. The standard InChI is InChI=1S/C23H29N3O2/c1-14-10-15(2)23(16(3)11-14)25-22-13-19(24-17(4)26(22)5)18-8-9-20(27-6)21(12-18)28-7/h8-13,17,24H,1-7H3. The van der Waals surface area contributed by atoms with Gasteiger partial charge in [-0.3, -0.25) is 0 Å². The Morgan fingerprint density at radius 1 is 0.964 bits per heavy atom. The average molecular weight is 380 g/mol. The van der Waals surface area contributed by atoms with Crippen LogP contribution in [-0.2, 0) is 0 Å². The molecule has 148 valence electrons. The van der Waals surface area contributed by atoms with Gasteiger partial charge in [0, 0.05) is 24.4 Å². The van der Waals surface area contributed by atoms with Crippen molar-refractivity contribution in [2.24, 2.45) is 4.99 Å². The molecule has 1 heterocycles. The number of ether oxygens (including phenoxy) is 2. The number of benzene rings is 2. The summed E-state index contributed by atoms with van der Waals surface area (Å²) >= 11 is 0. The van der Waals surface area contributed by atoms with Gasteiger partial charge in [0.25, 0.3) is 0 Å². The van der Waals surface area contributed by atoms with E-state index in [0.29, 0.717) is 11.5 Å². The van der Waals surface area contributed by atoms with Crippen molar-refractivity contribution in [2.75, 3.05) is 21.3 Å². The number of aryl methyl sites for hydroxylation is 3. The topological polar surface area (TPSA) is 46.1 Å². The largest absolute Gasteiger partial charge is 0.493 e. The number of rotatable bonds is 4. The van der Waals surface area contributed by atoms with Crippen LogP contribution in [0, 0.1) is 20.8 Å². The molecule has 5 heteroatoms. The van der Waals surface area contributed by atoms with Gasteiger partial charge in [0.1, 0.15) is 5.84 Å². The summed E-state index contributed by atoms with van der Waals surface area (Å²) in [4.78, 5) is 7.15. The second-order valence-corrected chi connectivity index (χ2v) is 7.28. The Labute approximate surface area is 167 Å². The lowest BCUT2D eigenvalue weighted by Crippen LogP contribution is -2.47. The zero-order valence-corrected chi connectivity index (χ0v) is 17.8. The van der Waals surface area contributed by atoms with Crippen LogP contribution >= 0.6 is 0 Å². The highest BCUT2D eigenvalue weighted by atomic mass is 16.5. The van der Waals surface area contributed by atoms with E-state index in [9.17, 15) is 0 Å². The Kier molecular flexibility index (Phi) is 5.63. The third-order valence-corrected chi connectivity index (χ3v) is 5.14. The number of nitrogens with one attached hydrogen (secondary N) is 1. The van der Waals surface area contributed by atoms with Gasteiger partial charge in [-0.15, -0.1) is 0 Å². The normalized spacial score (nSPS) is 18.0. The lowest BCUT2D eigenvalue weighted by molar-refractivity contribution is 0.353. The maximum atomic E-state index is 5.46. The maximum absolute atomic E-state index is 5.46. The molecule has 1 aliphatic heterocycles. The van der Waals surface area contributed by atoms with Crippen molar-refractivity contribution in [1.82, 2.24) is 10.2 Å². The van der Waals surface area contributed by atoms with Gasteiger partial charge >= 0.3 is 0 Å². The van der Waals surface area contributed by atoms with Crippen molar-refractivity contribution in [3.05, 3.63) is 58.7 Å². The zero-order valence-electron chi connectivity index (χ0n) is 17.8. The molecule has 1 N–H and O–H groups in total. The van der Waals surface area contributed by atoms with Gasteiger partial charge < -0.3 is 19.7 Å². The fraction of sp³-hybridized carbons (Fsp3) is 0.348. The fourth-order valence-corrected chi connectivity index (χ4v) is 3.54. The molecule has 0 fully saturated rings. The molecule has 0 amide bonds. The molecule has 1 aliphatic rings. The first-order valence-corrected chi connectivity index (χ1v) is 9.44. The summed E-state index contributed by atoms with van der Waals surface area (Å²) in [5.74, 6) is 2.34. The highest BCUT2D eigenvalue weighted by molar-refractivity contribution is 6.02. The number of likely N-dealkylation sites (N-methyl/N-ethyl adjacent to an activating group) is 1. The van der Waals surface area contributed by atoms with Crippen molar-refractivity contribution in [3.8, 4) is 11.5 Å². The van der Waals surface area contributed by atoms with Crippen LogP contribution in [0.15, 0.2) is 41.4 Å². The summed E-state index contributed by atoms with van der Waals surface area (Å²) in [6, 6.07) is 10.3. The SMILES string of the molecule is COc1ccc(C2=CC(=Nc3c(C)cc(C)cc3C)N(C)C(C)N2)cc1OC. The van der Waals surface area contributed by atoms with Crippen LogP contribution in [-0.4, -0.2) is 38.2 Å². The molecule has 5 nitrogen and oxygen atoms in total. The first-order chi connectivity index (χ1) is 13.3. The number of nitrogens with zero attached hydrogens (tertiary/aromatic N) is 2. The Morgan fingerprint density at radius 3 is 2.21 bits per heavy atom. The van der Waals surface area contributed by atoms with Crippen molar-refractivity contribution >= 4 is 17.2 Å². The van der Waals surface area contributed by atoms with Gasteiger partial charge in [0.15, 0.2) is 11.5 Å². The van der Waals surface area contributed by atoms with Crippen LogP contribution in [0.2, 0.25) is 0 Å². The van der Waals surface area contributed by atoms with E-state index >= 15 is 0 Å². The molecule has 0 radical (unpaired) electrons. The Balaban J connectivity index is 2.07. The van der Waals surface area contributed by atoms with E-state index in [4.69, 9.17) is 14.5 Å². The Morgan fingerprint density at radius 2 is 1.61 bits per heavy atom. The Hall–Kier alpha value is -2.95. The molecule has 0 aromatic heterocycles. The third-order valence-electron chi connectivity index (χ3n) is 5.14. The number of hydrogen-bond acceptors (Lipinski definition) is 4. The summed E-state index contributed by atoms with van der Waals surface area (Å²) < 4.78 is 10.8. The van der Waals surface area contributed by atoms with Crippen LogP contribution in [0.3, 0.4) is 0 Å². The zero-order chi connectivity index (χ0) is 20.4. The van der Waals surface area contributed by atoms with Crippen LogP contribution < -0.4 is 14.8 Å². The van der Waals surface area contributed by atoms with E-state index in [0.717, 1.165) is 22.8 Å². The van der Waals surface area contributed by atoms with Gasteiger partial charge in [-0.25, -0.2) is 4.99 Å². The monoisotopic (exact) mass is 379 g/mol. The predicted octanol–water partition coefficient (Wildman–Crippen LogP) is 4.58. The smallest absolute Gasteiger partial charge is 0.161 e. The molecule has 0 bridgehead atoms. The van der Waals surface area contributed by atoms with Gasteiger partial charge in [-0.1, -0.05) is 17.7 Å². The van der Waals surface area contributed by atoms with E-state index < -0.39 is 0 Å². The van der Waals surface area contributed by atoms with Gasteiger partial charge in [-0.2, -0.15) is 0 Å². The summed E-state index contributed by atoms with van der Waals surface area (Å²) in [6.45, 7) is 8.47. The average Bonchev–Trinajstić information content (AvgIpc) is 2.66. The van der Waals surface area contributed by atoms with Gasteiger partial charge in [-0.05, 0) is 57.0 Å². The van der Waals surface area contributed by atoms with Crippen molar-refractivity contribution < 1.29 is 9.47 Å². The minimum Gasteiger partial charge on any atom is -0.493 e. The summed E-state index contributed by atoms with van der Waals surface area (Å²) in [5.41, 5.74) is 6.70. The second kappa shape index (κ2) is 7.97. The van der Waals surface area contributed by atoms with E-state index in [1.165, 1.54) is 16.7 Å². The number of hydrogen-bond donors (Lipinski definition) is 1. The quantitative estimate of drug-likeness (QED) is 0.845. The van der Waals surface area contributed by atoms with E-state index in [-0.39, 0.29) is 6.17 Å². The molecule has 1 atom stereocenters. The van der Waals surface area contributed by atoms with Crippen LogP contribution in [0.25, 0.3) is 5.70 Å². The van der Waals surface area contributed by atoms with Crippen LogP contribution in [0.1, 0.15) is 29.2 Å². The molecule has 1 unspecified atom stereocenters. The number of amidine groups is 1. The van der Waals surface area contributed by atoms with Crippen LogP contribution in [0.4, 0.5) is 5.69 Å². The lowest BCUT2D eigenvalue weighted by atomic mass is 10.0. The molecular weight excluding hydrogens is 350 g/mol. The molecule has 0 saturated carbocycles. The van der Waals surface area contributed by atoms with Crippen molar-refractivity contribution in [3.63, 3.8) is 0 Å². The minimum atomic E-state index is 0.109. The molecular formula is C23H29N3O2. The molecule has 0 saturated heterocycles. The third kappa shape index (κ3) is 3.84. The van der Waals surface area contributed by atoms with Gasteiger partial charge in [0.2, 0.25) is 0 Å². The number of aliphatic imine (C=N–C) groups is 1. The summed E-state index contributed by atoms with van der Waals surface area (Å²) in [7, 11) is 5.34. The molecule has 2 aromatic rings. The summed E-state index contributed by atoms with van der Waals surface area (Å²) in [6.07, 6.45) is 2.19. The molecule has 0 aliphatic carbocycles. The molecule has 3 rings (SSSR count). The highest BCUT2D eigenvalue weighted by Crippen LogP contribution is 2.31. The van der Waals surface area contributed by atoms with E-state index in [2.05, 4.69) is 63.2 Å². The van der Waals surface area contributed by atoms with Crippen molar-refractivity contribution in [1.29, 1.82) is 0 Å². The maximum Gasteiger partial charge on any atom is 0.161 e. The summed E-state index contributed by atoms with van der Waals surface area (Å²) in [5, 5.41) is 3.54. The van der Waals surface area contributed by atoms with E-state index in [1.54, 1.807) is 14.2 Å². The first-order valence-electron chi connectivity index (χ1n) is 9.44. The van der Waals surface area contributed by atoms with E-state index in [1.807, 2.05) is 18.2 Å². The molecule has 2 aromatic carbocycles. The lowest BCUT2D eigenvalue weighted by Gasteiger charge is -2.34. The minimum absolute atomic E-state index is 0.109. The fourth-order valence-electron chi connectivity index (χ4n) is 3.54. The first kappa shape index (κ1) is 19.8. The molecule has 28 heavy (non-hydrogen) atoms. The second-order valence-electron chi connectivity index (χ2n) is 7.28. The predicted molar refractivity (Wildman–Crippen MR) is 116 cm³/mol.